The van der Waals surface area contributed by atoms with Crippen LogP contribution in [0.1, 0.15) is 23.1 Å². The molecule has 0 saturated carbocycles. The van der Waals surface area contributed by atoms with Crippen LogP contribution in [0.2, 0.25) is 0 Å². The average Bonchev–Trinajstić information content (AvgIpc) is 2.45. The van der Waals surface area contributed by atoms with Gasteiger partial charge < -0.3 is 0 Å². The smallest absolute Gasteiger partial charge is 0.138 e. The second kappa shape index (κ2) is 7.11. The van der Waals surface area contributed by atoms with Crippen LogP contribution in [0.4, 0.5) is 4.39 Å². The summed E-state index contributed by atoms with van der Waals surface area (Å²) in [5, 5.41) is 0.974. The van der Waals surface area contributed by atoms with Crippen molar-refractivity contribution >= 4 is 15.9 Å². The highest BCUT2D eigenvalue weighted by molar-refractivity contribution is 9.09. The van der Waals surface area contributed by atoms with E-state index in [-0.39, 0.29) is 5.82 Å². The highest BCUT2D eigenvalue weighted by atomic mass is 79.9. The minimum absolute atomic E-state index is 0.270. The molecule has 0 aliphatic carbocycles. The van der Waals surface area contributed by atoms with Crippen molar-refractivity contribution in [3.05, 3.63) is 71.0 Å². The topological polar surface area (TPSA) is 0 Å². The van der Waals surface area contributed by atoms with Gasteiger partial charge in [-0.1, -0.05) is 58.1 Å². The van der Waals surface area contributed by atoms with Crippen LogP contribution in [0.5, 0.6) is 0 Å². The maximum atomic E-state index is 13.5. The first-order chi connectivity index (χ1) is 9.31. The van der Waals surface area contributed by atoms with E-state index in [1.807, 2.05) is 18.2 Å². The molecule has 96 valence electrons. The molecule has 0 radical (unpaired) electrons. The van der Waals surface area contributed by atoms with Crippen LogP contribution in [0.15, 0.2) is 48.5 Å². The maximum absolute atomic E-state index is 13.5. The summed E-state index contributed by atoms with van der Waals surface area (Å²) < 4.78 is 13.5. The third-order valence-corrected chi connectivity index (χ3v) is 3.36. The van der Waals surface area contributed by atoms with Crippen molar-refractivity contribution in [1.29, 1.82) is 0 Å². The fourth-order valence-corrected chi connectivity index (χ4v) is 2.10. The molecule has 2 aromatic carbocycles. The molecule has 0 aliphatic heterocycles. The largest absolute Gasteiger partial charge is 0.206 e. The van der Waals surface area contributed by atoms with E-state index < -0.39 is 0 Å². The van der Waals surface area contributed by atoms with Crippen LogP contribution < -0.4 is 0 Å². The number of rotatable bonds is 3. The third-order valence-electron chi connectivity index (χ3n) is 2.80. The van der Waals surface area contributed by atoms with Crippen molar-refractivity contribution in [2.75, 3.05) is 5.33 Å². The van der Waals surface area contributed by atoms with E-state index in [1.54, 1.807) is 18.2 Å². The van der Waals surface area contributed by atoms with Gasteiger partial charge in [0.2, 0.25) is 0 Å². The Kier molecular flexibility index (Phi) is 5.18. The summed E-state index contributed by atoms with van der Waals surface area (Å²) in [4.78, 5) is 0. The van der Waals surface area contributed by atoms with Crippen molar-refractivity contribution in [2.24, 2.45) is 0 Å². The Hall–Kier alpha value is -1.59. The van der Waals surface area contributed by atoms with Gasteiger partial charge in [-0.05, 0) is 36.6 Å². The highest BCUT2D eigenvalue weighted by Gasteiger charge is 1.99. The molecule has 2 heteroatoms. The van der Waals surface area contributed by atoms with Gasteiger partial charge in [-0.25, -0.2) is 4.39 Å². The number of aryl methyl sites for hydroxylation is 1. The van der Waals surface area contributed by atoms with Crippen molar-refractivity contribution in [3.8, 4) is 11.8 Å². The monoisotopic (exact) mass is 316 g/mol. The average molecular weight is 317 g/mol. The van der Waals surface area contributed by atoms with Crippen LogP contribution in [-0.4, -0.2) is 5.33 Å². The van der Waals surface area contributed by atoms with E-state index in [2.05, 4.69) is 33.8 Å². The van der Waals surface area contributed by atoms with Crippen molar-refractivity contribution in [2.45, 2.75) is 12.8 Å². The SMILES string of the molecule is Fc1ccccc1C#Cc1ccccc1CCCBr. The molecule has 0 aliphatic rings. The van der Waals surface area contributed by atoms with Crippen LogP contribution >= 0.6 is 15.9 Å². The summed E-state index contributed by atoms with van der Waals surface area (Å²) in [5.74, 6) is 5.71. The Morgan fingerprint density at radius 3 is 2.26 bits per heavy atom. The molecule has 0 saturated heterocycles. The van der Waals surface area contributed by atoms with Gasteiger partial charge >= 0.3 is 0 Å². The van der Waals surface area contributed by atoms with Crippen LogP contribution in [0.25, 0.3) is 0 Å². The molecule has 0 fully saturated rings. The van der Waals surface area contributed by atoms with Crippen molar-refractivity contribution in [1.82, 2.24) is 0 Å². The zero-order valence-electron chi connectivity index (χ0n) is 10.5. The van der Waals surface area contributed by atoms with E-state index in [4.69, 9.17) is 0 Å². The van der Waals surface area contributed by atoms with Gasteiger partial charge in [-0.15, -0.1) is 0 Å². The van der Waals surface area contributed by atoms with Gasteiger partial charge in [-0.3, -0.25) is 0 Å². The van der Waals surface area contributed by atoms with Gasteiger partial charge in [0, 0.05) is 10.9 Å². The Bertz CT molecular complexity index is 608. The van der Waals surface area contributed by atoms with Crippen LogP contribution in [-0.2, 0) is 6.42 Å². The van der Waals surface area contributed by atoms with Crippen LogP contribution in [0, 0.1) is 17.7 Å². The molecule has 0 amide bonds. The lowest BCUT2D eigenvalue weighted by atomic mass is 10.0. The van der Waals surface area contributed by atoms with Gasteiger partial charge in [-0.2, -0.15) is 0 Å². The molecule has 0 spiro atoms. The zero-order chi connectivity index (χ0) is 13.5. The number of hydrogen-bond acceptors (Lipinski definition) is 0. The van der Waals surface area contributed by atoms with Gasteiger partial charge in [0.15, 0.2) is 0 Å². The Balaban J connectivity index is 2.27. The molecule has 0 bridgehead atoms. The predicted octanol–water partition coefficient (Wildman–Crippen LogP) is 4.55. The predicted molar refractivity (Wildman–Crippen MR) is 80.9 cm³/mol. The molecule has 0 unspecified atom stereocenters. The first-order valence-corrected chi connectivity index (χ1v) is 7.34. The first kappa shape index (κ1) is 13.8. The fourth-order valence-electron chi connectivity index (χ4n) is 1.81. The van der Waals surface area contributed by atoms with Gasteiger partial charge in [0.25, 0.3) is 0 Å². The molecule has 2 rings (SSSR count). The standard InChI is InChI=1S/C17H14BrF/c18-13-5-9-14-6-1-2-7-15(14)11-12-16-8-3-4-10-17(16)19/h1-4,6-8,10H,5,9,13H2. The van der Waals surface area contributed by atoms with Crippen molar-refractivity contribution < 1.29 is 4.39 Å². The van der Waals surface area contributed by atoms with E-state index in [9.17, 15) is 4.39 Å². The molecule has 0 heterocycles. The number of halogens is 2. The Morgan fingerprint density at radius 2 is 1.53 bits per heavy atom. The molecule has 19 heavy (non-hydrogen) atoms. The van der Waals surface area contributed by atoms with Crippen molar-refractivity contribution in [3.63, 3.8) is 0 Å². The first-order valence-electron chi connectivity index (χ1n) is 6.21. The minimum atomic E-state index is -0.270. The van der Waals surface area contributed by atoms with E-state index in [1.165, 1.54) is 11.6 Å². The number of hydrogen-bond donors (Lipinski definition) is 0. The summed E-state index contributed by atoms with van der Waals surface area (Å²) in [6.45, 7) is 0. The molecule has 0 aromatic heterocycles. The lowest BCUT2D eigenvalue weighted by Crippen LogP contribution is -1.91. The molecule has 0 N–H and O–H groups in total. The Morgan fingerprint density at radius 1 is 0.895 bits per heavy atom. The van der Waals surface area contributed by atoms with Gasteiger partial charge in [0.1, 0.15) is 5.82 Å². The second-order valence-electron chi connectivity index (χ2n) is 4.18. The Labute approximate surface area is 121 Å². The second-order valence-corrected chi connectivity index (χ2v) is 4.97. The molecule has 0 nitrogen and oxygen atoms in total. The lowest BCUT2D eigenvalue weighted by Gasteiger charge is -2.02. The summed E-state index contributed by atoms with van der Waals surface area (Å²) in [5.41, 5.74) is 2.63. The highest BCUT2D eigenvalue weighted by Crippen LogP contribution is 2.11. The molecular weight excluding hydrogens is 303 g/mol. The van der Waals surface area contributed by atoms with E-state index >= 15 is 0 Å². The zero-order valence-corrected chi connectivity index (χ0v) is 12.1. The summed E-state index contributed by atoms with van der Waals surface area (Å²) in [6.07, 6.45) is 2.05. The number of benzene rings is 2. The summed E-state index contributed by atoms with van der Waals surface area (Å²) in [6, 6.07) is 14.6. The van der Waals surface area contributed by atoms with E-state index in [0.717, 1.165) is 23.7 Å². The lowest BCUT2D eigenvalue weighted by molar-refractivity contribution is 0.624. The fraction of sp³-hybridized carbons (Fsp3) is 0.176. The quantitative estimate of drug-likeness (QED) is 0.575. The van der Waals surface area contributed by atoms with E-state index in [0.29, 0.717) is 5.56 Å². The van der Waals surface area contributed by atoms with Crippen LogP contribution in [0.3, 0.4) is 0 Å². The molecule has 2 aromatic rings. The van der Waals surface area contributed by atoms with Gasteiger partial charge in [0.05, 0.1) is 5.56 Å². The summed E-state index contributed by atoms with van der Waals surface area (Å²) >= 11 is 3.43. The third kappa shape index (κ3) is 3.94. The minimum Gasteiger partial charge on any atom is -0.206 e. The maximum Gasteiger partial charge on any atom is 0.138 e. The molecular formula is C17H14BrF. The molecule has 0 atom stereocenters. The summed E-state index contributed by atoms with van der Waals surface area (Å²) in [7, 11) is 0. The number of alkyl halides is 1. The normalized spacial score (nSPS) is 9.79.